The van der Waals surface area contributed by atoms with Crippen molar-refractivity contribution < 1.29 is 9.59 Å². The highest BCUT2D eigenvalue weighted by molar-refractivity contribution is 8.00. The van der Waals surface area contributed by atoms with Crippen molar-refractivity contribution in [1.82, 2.24) is 14.7 Å². The van der Waals surface area contributed by atoms with Crippen molar-refractivity contribution in [2.45, 2.75) is 58.1 Å². The van der Waals surface area contributed by atoms with E-state index in [2.05, 4.69) is 71.0 Å². The molecule has 1 aromatic heterocycles. The fourth-order valence-electron chi connectivity index (χ4n) is 5.24. The molecule has 3 aromatic rings. The number of anilines is 1. The van der Waals surface area contributed by atoms with Gasteiger partial charge in [0, 0.05) is 24.1 Å². The first kappa shape index (κ1) is 25.6. The van der Waals surface area contributed by atoms with Crippen molar-refractivity contribution in [2.24, 2.45) is 0 Å². The number of aryl methyl sites for hydroxylation is 2. The number of nitrogens with zero attached hydrogens (tertiary/aromatic N) is 4. The predicted octanol–water partition coefficient (Wildman–Crippen LogP) is 5.58. The number of rotatable bonds is 4. The lowest BCUT2D eigenvalue weighted by Crippen LogP contribution is -2.43. The molecule has 2 amide bonds. The Morgan fingerprint density at radius 1 is 1.03 bits per heavy atom. The number of hydrogen-bond acceptors (Lipinski definition) is 4. The van der Waals surface area contributed by atoms with Crippen molar-refractivity contribution in [2.75, 3.05) is 30.3 Å². The highest BCUT2D eigenvalue weighted by Gasteiger charge is 2.40. The lowest BCUT2D eigenvalue weighted by Gasteiger charge is -2.26. The van der Waals surface area contributed by atoms with Crippen LogP contribution in [0.25, 0.3) is 5.69 Å². The van der Waals surface area contributed by atoms with E-state index in [0.29, 0.717) is 5.75 Å². The van der Waals surface area contributed by atoms with E-state index in [1.54, 1.807) is 16.7 Å². The van der Waals surface area contributed by atoms with Gasteiger partial charge < -0.3 is 4.90 Å². The Bertz CT molecular complexity index is 1320. The molecule has 0 radical (unpaired) electrons. The second kappa shape index (κ2) is 10.0. The third kappa shape index (κ3) is 5.06. The summed E-state index contributed by atoms with van der Waals surface area (Å²) >= 11 is 1.63. The highest BCUT2D eigenvalue weighted by atomic mass is 32.2. The molecule has 2 aliphatic heterocycles. The van der Waals surface area contributed by atoms with Crippen LogP contribution < -0.4 is 4.90 Å². The lowest BCUT2D eigenvalue weighted by atomic mass is 9.87. The predicted molar refractivity (Wildman–Crippen MR) is 151 cm³/mol. The molecule has 1 saturated heterocycles. The molecular formula is C30H36N4O2S. The van der Waals surface area contributed by atoms with Gasteiger partial charge in [-0.2, -0.15) is 5.10 Å². The number of carbonyl (C=O) groups excluding carboxylic acids is 2. The Morgan fingerprint density at radius 3 is 2.38 bits per heavy atom. The molecule has 194 valence electrons. The lowest BCUT2D eigenvalue weighted by molar-refractivity contribution is -0.130. The number of amides is 2. The van der Waals surface area contributed by atoms with E-state index in [0.717, 1.165) is 59.8 Å². The van der Waals surface area contributed by atoms with Crippen molar-refractivity contribution in [3.63, 3.8) is 0 Å². The topological polar surface area (TPSA) is 58.4 Å². The Balaban J connectivity index is 1.75. The van der Waals surface area contributed by atoms with E-state index in [1.165, 1.54) is 5.56 Å². The Labute approximate surface area is 224 Å². The molecule has 0 spiro atoms. The first-order valence-electron chi connectivity index (χ1n) is 13.1. The zero-order valence-corrected chi connectivity index (χ0v) is 23.3. The van der Waals surface area contributed by atoms with E-state index in [-0.39, 0.29) is 29.0 Å². The van der Waals surface area contributed by atoms with Crippen molar-refractivity contribution in [1.29, 1.82) is 0 Å². The van der Waals surface area contributed by atoms with Crippen LogP contribution in [-0.2, 0) is 15.0 Å². The number of likely N-dealkylation sites (tertiary alicyclic amines) is 1. The number of thioether (sulfide) groups is 1. The van der Waals surface area contributed by atoms with Gasteiger partial charge in [-0.15, -0.1) is 11.8 Å². The third-order valence-electron chi connectivity index (χ3n) is 7.18. The number of fused-ring (bicyclic) bond motifs is 1. The molecule has 5 rings (SSSR count). The second-order valence-corrected chi connectivity index (χ2v) is 12.3. The van der Waals surface area contributed by atoms with E-state index in [1.807, 2.05) is 21.7 Å². The van der Waals surface area contributed by atoms with Gasteiger partial charge >= 0.3 is 0 Å². The van der Waals surface area contributed by atoms with Crippen LogP contribution >= 0.6 is 11.8 Å². The number of hydrogen-bond donors (Lipinski definition) is 0. The van der Waals surface area contributed by atoms with Gasteiger partial charge in [0.25, 0.3) is 0 Å². The average Bonchev–Trinajstić information content (AvgIpc) is 3.49. The standard InChI is InChI=1S/C30H36N4O2S/c1-20-11-13-23(14-12-20)34-29-26(28(31-34)30(3,4)5)27(22-10-8-9-21(2)17-22)37-19-25(36)33(29)18-24(35)32-15-6-7-16-32/h8-14,17,27H,6-7,15-16,18-19H2,1-5H3/t27-/m0/s1. The van der Waals surface area contributed by atoms with Crippen LogP contribution in [0.15, 0.2) is 48.5 Å². The van der Waals surface area contributed by atoms with Crippen LogP contribution in [0.5, 0.6) is 0 Å². The highest BCUT2D eigenvalue weighted by Crippen LogP contribution is 2.48. The van der Waals surface area contributed by atoms with Crippen LogP contribution in [0.4, 0.5) is 5.82 Å². The average molecular weight is 517 g/mol. The molecule has 0 unspecified atom stereocenters. The largest absolute Gasteiger partial charge is 0.341 e. The van der Waals surface area contributed by atoms with Gasteiger partial charge in [0.1, 0.15) is 12.4 Å². The van der Waals surface area contributed by atoms with Gasteiger partial charge in [-0.3, -0.25) is 14.5 Å². The number of aromatic nitrogens is 2. The van der Waals surface area contributed by atoms with Crippen LogP contribution in [0.1, 0.15) is 66.8 Å². The molecule has 0 aliphatic carbocycles. The van der Waals surface area contributed by atoms with Crippen molar-refractivity contribution in [3.8, 4) is 5.69 Å². The summed E-state index contributed by atoms with van der Waals surface area (Å²) in [5.41, 5.74) is 6.10. The molecule has 37 heavy (non-hydrogen) atoms. The molecular weight excluding hydrogens is 480 g/mol. The maximum absolute atomic E-state index is 13.8. The maximum Gasteiger partial charge on any atom is 0.242 e. The summed E-state index contributed by atoms with van der Waals surface area (Å²) in [7, 11) is 0. The summed E-state index contributed by atoms with van der Waals surface area (Å²) in [5.74, 6) is 0.980. The zero-order valence-electron chi connectivity index (χ0n) is 22.5. The minimum absolute atomic E-state index is 0.00442. The smallest absolute Gasteiger partial charge is 0.242 e. The summed E-state index contributed by atoms with van der Waals surface area (Å²) in [6.45, 7) is 12.2. The summed E-state index contributed by atoms with van der Waals surface area (Å²) in [4.78, 5) is 30.7. The first-order valence-corrected chi connectivity index (χ1v) is 14.1. The van der Waals surface area contributed by atoms with Crippen molar-refractivity contribution >= 4 is 29.4 Å². The fourth-order valence-corrected chi connectivity index (χ4v) is 6.43. The van der Waals surface area contributed by atoms with Gasteiger partial charge in [-0.05, 0) is 44.4 Å². The molecule has 7 heteroatoms. The van der Waals surface area contributed by atoms with Crippen LogP contribution in [0.2, 0.25) is 0 Å². The van der Waals surface area contributed by atoms with E-state index in [9.17, 15) is 9.59 Å². The zero-order chi connectivity index (χ0) is 26.3. The summed E-state index contributed by atoms with van der Waals surface area (Å²) in [5, 5.41) is 5.11. The number of benzene rings is 2. The summed E-state index contributed by atoms with van der Waals surface area (Å²) in [6.07, 6.45) is 2.04. The minimum Gasteiger partial charge on any atom is -0.341 e. The van der Waals surface area contributed by atoms with Crippen LogP contribution in [0.3, 0.4) is 0 Å². The molecule has 0 bridgehead atoms. The number of carbonyl (C=O) groups is 2. The van der Waals surface area contributed by atoms with Gasteiger partial charge in [-0.1, -0.05) is 68.3 Å². The molecule has 2 aliphatic rings. The SMILES string of the molecule is Cc1ccc(-n2nc(C(C)(C)C)c3c2N(CC(=O)N2CCCC2)C(=O)CS[C@H]3c2cccc(C)c2)cc1. The fraction of sp³-hybridized carbons (Fsp3) is 0.433. The van der Waals surface area contributed by atoms with Gasteiger partial charge in [-0.25, -0.2) is 4.68 Å². The van der Waals surface area contributed by atoms with E-state index < -0.39 is 0 Å². The Hall–Kier alpha value is -3.06. The molecule has 6 nitrogen and oxygen atoms in total. The second-order valence-electron chi connectivity index (χ2n) is 11.3. The van der Waals surface area contributed by atoms with Crippen LogP contribution in [-0.4, -0.2) is 51.9 Å². The molecule has 2 aromatic carbocycles. The molecule has 1 fully saturated rings. The van der Waals surface area contributed by atoms with Gasteiger partial charge in [0.2, 0.25) is 11.8 Å². The monoisotopic (exact) mass is 516 g/mol. The molecule has 0 saturated carbocycles. The summed E-state index contributed by atoms with van der Waals surface area (Å²) < 4.78 is 1.90. The van der Waals surface area contributed by atoms with Gasteiger partial charge in [0.15, 0.2) is 0 Å². The first-order chi connectivity index (χ1) is 17.6. The van der Waals surface area contributed by atoms with Crippen molar-refractivity contribution in [3.05, 3.63) is 76.5 Å². The molecule has 3 heterocycles. The van der Waals surface area contributed by atoms with E-state index in [4.69, 9.17) is 5.10 Å². The van der Waals surface area contributed by atoms with Crippen LogP contribution in [0, 0.1) is 13.8 Å². The Kier molecular flexibility index (Phi) is 6.92. The molecule has 1 atom stereocenters. The summed E-state index contributed by atoms with van der Waals surface area (Å²) in [6, 6.07) is 16.7. The normalized spacial score (nSPS) is 18.2. The van der Waals surface area contributed by atoms with E-state index >= 15 is 0 Å². The third-order valence-corrected chi connectivity index (χ3v) is 8.43. The quantitative estimate of drug-likeness (QED) is 0.454. The maximum atomic E-state index is 13.8. The molecule has 0 N–H and O–H groups in total. The minimum atomic E-state index is -0.263. The van der Waals surface area contributed by atoms with Gasteiger partial charge in [0.05, 0.1) is 22.4 Å². The Morgan fingerprint density at radius 2 is 1.73 bits per heavy atom.